The van der Waals surface area contributed by atoms with E-state index in [1.165, 1.54) is 19.3 Å². The van der Waals surface area contributed by atoms with Crippen molar-refractivity contribution >= 4 is 12.0 Å². The summed E-state index contributed by atoms with van der Waals surface area (Å²) in [5, 5.41) is 2.96. The van der Waals surface area contributed by atoms with Crippen LogP contribution in [0.5, 0.6) is 0 Å². The second kappa shape index (κ2) is 8.45. The topological polar surface area (TPSA) is 42.0 Å². The van der Waals surface area contributed by atoms with Crippen molar-refractivity contribution < 1.29 is 4.79 Å². The minimum Gasteiger partial charge on any atom is -0.350 e. The molecule has 0 aliphatic rings. The molecule has 98 valence electrons. The molecule has 0 saturated heterocycles. The van der Waals surface area contributed by atoms with Crippen LogP contribution in [0, 0.1) is 0 Å². The highest BCUT2D eigenvalue weighted by Gasteiger charge is 2.03. The van der Waals surface area contributed by atoms with E-state index in [9.17, 15) is 4.79 Å². The summed E-state index contributed by atoms with van der Waals surface area (Å²) in [7, 11) is 0. The molecule has 18 heavy (non-hydrogen) atoms. The first-order chi connectivity index (χ1) is 8.72. The van der Waals surface area contributed by atoms with Gasteiger partial charge in [0.1, 0.15) is 0 Å². The number of amides is 1. The van der Waals surface area contributed by atoms with Crippen LogP contribution in [0.2, 0.25) is 0 Å². The summed E-state index contributed by atoms with van der Waals surface area (Å²) in [4.78, 5) is 15.6. The Morgan fingerprint density at radius 1 is 1.50 bits per heavy atom. The first kappa shape index (κ1) is 14.4. The SMILES string of the molecule is CCCCCC(C)NC(=O)/C=C/c1cccnc1. The fourth-order valence-electron chi connectivity index (χ4n) is 1.71. The van der Waals surface area contributed by atoms with Crippen LogP contribution < -0.4 is 5.32 Å². The molecule has 1 unspecified atom stereocenters. The Hall–Kier alpha value is -1.64. The highest BCUT2D eigenvalue weighted by molar-refractivity contribution is 5.91. The number of pyridine rings is 1. The van der Waals surface area contributed by atoms with E-state index in [1.807, 2.05) is 19.1 Å². The molecule has 1 N–H and O–H groups in total. The van der Waals surface area contributed by atoms with Gasteiger partial charge in [0.15, 0.2) is 0 Å². The maximum atomic E-state index is 11.6. The van der Waals surface area contributed by atoms with Gasteiger partial charge in [-0.2, -0.15) is 0 Å². The summed E-state index contributed by atoms with van der Waals surface area (Å²) in [6, 6.07) is 4.01. The molecule has 1 rings (SSSR count). The van der Waals surface area contributed by atoms with Crippen LogP contribution in [0.3, 0.4) is 0 Å². The average Bonchev–Trinajstić information content (AvgIpc) is 2.38. The zero-order valence-electron chi connectivity index (χ0n) is 11.2. The number of aromatic nitrogens is 1. The quantitative estimate of drug-likeness (QED) is 0.593. The van der Waals surface area contributed by atoms with Crippen LogP contribution in [0.25, 0.3) is 6.08 Å². The molecule has 0 aliphatic carbocycles. The zero-order valence-corrected chi connectivity index (χ0v) is 11.2. The molecule has 1 amide bonds. The maximum absolute atomic E-state index is 11.6. The number of carbonyl (C=O) groups excluding carboxylic acids is 1. The first-order valence-electron chi connectivity index (χ1n) is 6.61. The van der Waals surface area contributed by atoms with Crippen molar-refractivity contribution in [2.45, 2.75) is 45.6 Å². The highest BCUT2D eigenvalue weighted by Crippen LogP contribution is 2.03. The van der Waals surface area contributed by atoms with Crippen molar-refractivity contribution in [1.29, 1.82) is 0 Å². The van der Waals surface area contributed by atoms with Gasteiger partial charge in [0, 0.05) is 24.5 Å². The Labute approximate surface area is 109 Å². The van der Waals surface area contributed by atoms with Crippen molar-refractivity contribution in [3.8, 4) is 0 Å². The standard InChI is InChI=1S/C15H22N2O/c1-3-4-5-7-13(2)17-15(18)10-9-14-8-6-11-16-12-14/h6,8-13H,3-5,7H2,1-2H3,(H,17,18)/b10-9+. The van der Waals surface area contributed by atoms with Gasteiger partial charge in [0.25, 0.3) is 0 Å². The second-order valence-electron chi connectivity index (χ2n) is 4.53. The number of rotatable bonds is 7. The fraction of sp³-hybridized carbons (Fsp3) is 0.467. The molecule has 3 heteroatoms. The molecule has 1 aromatic rings. The first-order valence-corrected chi connectivity index (χ1v) is 6.61. The predicted molar refractivity (Wildman–Crippen MR) is 75.0 cm³/mol. The van der Waals surface area contributed by atoms with Crippen LogP contribution in [-0.4, -0.2) is 16.9 Å². The Morgan fingerprint density at radius 2 is 2.33 bits per heavy atom. The lowest BCUT2D eigenvalue weighted by Crippen LogP contribution is -2.30. The fourth-order valence-corrected chi connectivity index (χ4v) is 1.71. The van der Waals surface area contributed by atoms with Gasteiger partial charge in [-0.1, -0.05) is 32.3 Å². The molecule has 0 radical (unpaired) electrons. The summed E-state index contributed by atoms with van der Waals surface area (Å²) in [6.07, 6.45) is 11.4. The number of hydrogen-bond donors (Lipinski definition) is 1. The minimum atomic E-state index is -0.0390. The number of carbonyl (C=O) groups is 1. The van der Waals surface area contributed by atoms with Gasteiger partial charge in [0.05, 0.1) is 0 Å². The summed E-state index contributed by atoms with van der Waals surface area (Å²) < 4.78 is 0. The van der Waals surface area contributed by atoms with Gasteiger partial charge in [0.2, 0.25) is 5.91 Å². The van der Waals surface area contributed by atoms with E-state index >= 15 is 0 Å². The van der Waals surface area contributed by atoms with Gasteiger partial charge in [-0.25, -0.2) is 0 Å². The molecule has 1 aromatic heterocycles. The van der Waals surface area contributed by atoms with E-state index in [1.54, 1.807) is 24.5 Å². The third-order valence-electron chi connectivity index (χ3n) is 2.74. The minimum absolute atomic E-state index is 0.0390. The zero-order chi connectivity index (χ0) is 13.2. The average molecular weight is 246 g/mol. The Morgan fingerprint density at radius 3 is 3.00 bits per heavy atom. The molecule has 0 bridgehead atoms. The van der Waals surface area contributed by atoms with Crippen LogP contribution in [0.15, 0.2) is 30.6 Å². The lowest BCUT2D eigenvalue weighted by Gasteiger charge is -2.11. The number of hydrogen-bond acceptors (Lipinski definition) is 2. The number of nitrogens with zero attached hydrogens (tertiary/aromatic N) is 1. The van der Waals surface area contributed by atoms with E-state index in [-0.39, 0.29) is 11.9 Å². The van der Waals surface area contributed by atoms with Crippen LogP contribution in [-0.2, 0) is 4.79 Å². The monoisotopic (exact) mass is 246 g/mol. The van der Waals surface area contributed by atoms with E-state index in [0.717, 1.165) is 12.0 Å². The second-order valence-corrected chi connectivity index (χ2v) is 4.53. The van der Waals surface area contributed by atoms with Crippen LogP contribution >= 0.6 is 0 Å². The van der Waals surface area contributed by atoms with Crippen molar-refractivity contribution in [2.75, 3.05) is 0 Å². The summed E-state index contributed by atoms with van der Waals surface area (Å²) in [5.74, 6) is -0.0390. The van der Waals surface area contributed by atoms with E-state index < -0.39 is 0 Å². The van der Waals surface area contributed by atoms with Crippen LogP contribution in [0.1, 0.15) is 45.1 Å². The largest absolute Gasteiger partial charge is 0.350 e. The molecule has 0 aromatic carbocycles. The molecule has 1 heterocycles. The van der Waals surface area contributed by atoms with E-state index in [0.29, 0.717) is 0 Å². The van der Waals surface area contributed by atoms with E-state index in [4.69, 9.17) is 0 Å². The maximum Gasteiger partial charge on any atom is 0.244 e. The van der Waals surface area contributed by atoms with E-state index in [2.05, 4.69) is 17.2 Å². The van der Waals surface area contributed by atoms with Crippen molar-refractivity contribution in [3.05, 3.63) is 36.2 Å². The van der Waals surface area contributed by atoms with Gasteiger partial charge in [-0.05, 0) is 31.1 Å². The molecule has 3 nitrogen and oxygen atoms in total. The third-order valence-corrected chi connectivity index (χ3v) is 2.74. The summed E-state index contributed by atoms with van der Waals surface area (Å²) >= 11 is 0. The van der Waals surface area contributed by atoms with Crippen LogP contribution in [0.4, 0.5) is 0 Å². The number of nitrogens with one attached hydrogen (secondary N) is 1. The lowest BCUT2D eigenvalue weighted by molar-refractivity contribution is -0.117. The van der Waals surface area contributed by atoms with Crippen molar-refractivity contribution in [1.82, 2.24) is 10.3 Å². The molecule has 0 saturated carbocycles. The smallest absolute Gasteiger partial charge is 0.244 e. The van der Waals surface area contributed by atoms with Gasteiger partial charge in [-0.3, -0.25) is 9.78 Å². The van der Waals surface area contributed by atoms with Gasteiger partial charge in [-0.15, -0.1) is 0 Å². The van der Waals surface area contributed by atoms with Crippen molar-refractivity contribution in [2.24, 2.45) is 0 Å². The normalized spacial score (nSPS) is 12.6. The Kier molecular flexibility index (Phi) is 6.77. The number of unbranched alkanes of at least 4 members (excludes halogenated alkanes) is 2. The van der Waals surface area contributed by atoms with Gasteiger partial charge >= 0.3 is 0 Å². The van der Waals surface area contributed by atoms with Gasteiger partial charge < -0.3 is 5.32 Å². The van der Waals surface area contributed by atoms with Crippen molar-refractivity contribution in [3.63, 3.8) is 0 Å². The molecular weight excluding hydrogens is 224 g/mol. The Bertz CT molecular complexity index is 373. The molecule has 0 spiro atoms. The molecule has 0 fully saturated rings. The molecular formula is C15H22N2O. The summed E-state index contributed by atoms with van der Waals surface area (Å²) in [6.45, 7) is 4.23. The molecule has 0 aliphatic heterocycles. The highest BCUT2D eigenvalue weighted by atomic mass is 16.1. The Balaban J connectivity index is 2.30. The lowest BCUT2D eigenvalue weighted by atomic mass is 10.1. The predicted octanol–water partition coefficient (Wildman–Crippen LogP) is 3.18. The molecule has 1 atom stereocenters. The third kappa shape index (κ3) is 6.18. The summed E-state index contributed by atoms with van der Waals surface area (Å²) in [5.41, 5.74) is 0.936.